The molecule has 1 aromatic rings. The Morgan fingerprint density at radius 2 is 1.33 bits per heavy atom. The van der Waals surface area contributed by atoms with Gasteiger partial charge in [-0.25, -0.2) is 4.79 Å². The van der Waals surface area contributed by atoms with Gasteiger partial charge in [-0.15, -0.1) is 0 Å². The van der Waals surface area contributed by atoms with E-state index in [1.54, 1.807) is 6.07 Å². The van der Waals surface area contributed by atoms with Crippen molar-refractivity contribution < 1.29 is 19.4 Å². The van der Waals surface area contributed by atoms with Crippen molar-refractivity contribution in [3.8, 4) is 11.5 Å². The molecule has 2 amide bonds. The van der Waals surface area contributed by atoms with Gasteiger partial charge in [0.05, 0.1) is 12.2 Å². The molecule has 188 valence electrons. The van der Waals surface area contributed by atoms with Gasteiger partial charge < -0.3 is 20.5 Å². The zero-order chi connectivity index (χ0) is 24.0. The molecule has 33 heavy (non-hydrogen) atoms. The lowest BCUT2D eigenvalue weighted by molar-refractivity contribution is 0.112. The number of benzene rings is 1. The number of urea groups is 1. The predicted molar refractivity (Wildman–Crippen MR) is 135 cm³/mol. The van der Waals surface area contributed by atoms with Crippen molar-refractivity contribution in [3.63, 3.8) is 0 Å². The monoisotopic (exact) mass is 462 g/mol. The average molecular weight is 463 g/mol. The summed E-state index contributed by atoms with van der Waals surface area (Å²) in [7, 11) is 0. The molecule has 0 aliphatic rings. The number of unbranched alkanes of at least 4 members (excludes halogenated alkanes) is 13. The van der Waals surface area contributed by atoms with Crippen molar-refractivity contribution >= 4 is 12.3 Å². The standard InChI is InChI=1S/C27H46N2O4/c1-2-3-4-5-6-7-8-9-10-11-12-13-14-15-19-28-27(32)29-20-16-21-33-25-18-17-24(23-30)26(31)22-25/h17-18,22-23,31H,2-16,19-21H2,1H3,(H2,28,29,32). The quantitative estimate of drug-likeness (QED) is 0.139. The Kier molecular flexibility index (Phi) is 17.8. The topological polar surface area (TPSA) is 87.7 Å². The zero-order valence-electron chi connectivity index (χ0n) is 20.7. The maximum absolute atomic E-state index is 11.8. The Morgan fingerprint density at radius 1 is 0.818 bits per heavy atom. The third-order valence-electron chi connectivity index (χ3n) is 5.82. The Morgan fingerprint density at radius 3 is 1.85 bits per heavy atom. The molecule has 0 atom stereocenters. The first kappa shape index (κ1) is 28.8. The zero-order valence-corrected chi connectivity index (χ0v) is 20.7. The number of carbonyl (C=O) groups is 2. The summed E-state index contributed by atoms with van der Waals surface area (Å²) < 4.78 is 5.51. The fraction of sp³-hybridized carbons (Fsp3) is 0.704. The summed E-state index contributed by atoms with van der Waals surface area (Å²) in [4.78, 5) is 22.5. The Balaban J connectivity index is 1.83. The maximum Gasteiger partial charge on any atom is 0.314 e. The van der Waals surface area contributed by atoms with Gasteiger partial charge in [0.25, 0.3) is 0 Å². The highest BCUT2D eigenvalue weighted by Gasteiger charge is 2.03. The van der Waals surface area contributed by atoms with Crippen LogP contribution in [-0.4, -0.2) is 37.1 Å². The molecular formula is C27H46N2O4. The van der Waals surface area contributed by atoms with E-state index in [9.17, 15) is 14.7 Å². The molecule has 0 bridgehead atoms. The number of phenols is 1. The second kappa shape index (κ2) is 20.4. The van der Waals surface area contributed by atoms with Gasteiger partial charge in [0, 0.05) is 19.2 Å². The van der Waals surface area contributed by atoms with Crippen LogP contribution in [0, 0.1) is 0 Å². The molecule has 0 saturated heterocycles. The molecule has 6 nitrogen and oxygen atoms in total. The first-order valence-electron chi connectivity index (χ1n) is 13.1. The van der Waals surface area contributed by atoms with Crippen molar-refractivity contribution in [2.24, 2.45) is 0 Å². The van der Waals surface area contributed by atoms with E-state index in [4.69, 9.17) is 4.74 Å². The number of ether oxygens (including phenoxy) is 1. The van der Waals surface area contributed by atoms with Crippen LogP contribution < -0.4 is 15.4 Å². The highest BCUT2D eigenvalue weighted by Crippen LogP contribution is 2.22. The molecular weight excluding hydrogens is 416 g/mol. The van der Waals surface area contributed by atoms with E-state index in [0.29, 0.717) is 38.2 Å². The molecule has 0 aromatic heterocycles. The second-order valence-corrected chi connectivity index (χ2v) is 8.82. The molecule has 0 unspecified atom stereocenters. The minimum Gasteiger partial charge on any atom is -0.507 e. The Labute approximate surface area is 200 Å². The molecule has 0 saturated carbocycles. The first-order chi connectivity index (χ1) is 16.2. The van der Waals surface area contributed by atoms with Crippen LogP contribution in [0.5, 0.6) is 11.5 Å². The molecule has 0 fully saturated rings. The van der Waals surface area contributed by atoms with Gasteiger partial charge in [-0.2, -0.15) is 0 Å². The van der Waals surface area contributed by atoms with E-state index in [0.717, 1.165) is 6.42 Å². The number of carbonyl (C=O) groups excluding carboxylic acids is 2. The molecule has 1 rings (SSSR count). The largest absolute Gasteiger partial charge is 0.507 e. The minimum atomic E-state index is -0.141. The van der Waals surface area contributed by atoms with E-state index in [-0.39, 0.29) is 17.3 Å². The third-order valence-corrected chi connectivity index (χ3v) is 5.82. The summed E-state index contributed by atoms with van der Waals surface area (Å²) in [6, 6.07) is 4.43. The van der Waals surface area contributed by atoms with Gasteiger partial charge >= 0.3 is 6.03 Å². The van der Waals surface area contributed by atoms with Crippen LogP contribution in [0.15, 0.2) is 18.2 Å². The summed E-state index contributed by atoms with van der Waals surface area (Å²) in [6.07, 6.45) is 19.9. The molecule has 0 aliphatic carbocycles. The number of amides is 2. The second-order valence-electron chi connectivity index (χ2n) is 8.82. The first-order valence-corrected chi connectivity index (χ1v) is 13.1. The van der Waals surface area contributed by atoms with Crippen molar-refractivity contribution in [1.29, 1.82) is 0 Å². The number of hydrogen-bond donors (Lipinski definition) is 3. The van der Waals surface area contributed by atoms with Gasteiger partial charge in [0.2, 0.25) is 0 Å². The lowest BCUT2D eigenvalue weighted by Gasteiger charge is -2.09. The fourth-order valence-corrected chi connectivity index (χ4v) is 3.76. The number of rotatable bonds is 21. The van der Waals surface area contributed by atoms with Crippen molar-refractivity contribution in [3.05, 3.63) is 23.8 Å². The lowest BCUT2D eigenvalue weighted by atomic mass is 10.0. The van der Waals surface area contributed by atoms with E-state index in [1.807, 2.05) is 0 Å². The highest BCUT2D eigenvalue weighted by atomic mass is 16.5. The molecule has 3 N–H and O–H groups in total. The van der Waals surface area contributed by atoms with Crippen LogP contribution in [0.2, 0.25) is 0 Å². The van der Waals surface area contributed by atoms with Crippen molar-refractivity contribution in [2.45, 2.75) is 103 Å². The molecule has 0 aliphatic heterocycles. The summed E-state index contributed by atoms with van der Waals surface area (Å²) in [6.45, 7) is 3.91. The van der Waals surface area contributed by atoms with Gasteiger partial charge in [0.15, 0.2) is 6.29 Å². The molecule has 1 aromatic carbocycles. The average Bonchev–Trinajstić information content (AvgIpc) is 2.81. The third kappa shape index (κ3) is 16.1. The smallest absolute Gasteiger partial charge is 0.314 e. The lowest BCUT2D eigenvalue weighted by Crippen LogP contribution is -2.36. The van der Waals surface area contributed by atoms with Crippen LogP contribution >= 0.6 is 0 Å². The van der Waals surface area contributed by atoms with Crippen LogP contribution in [0.3, 0.4) is 0 Å². The number of aromatic hydroxyl groups is 1. The Hall–Kier alpha value is -2.24. The van der Waals surface area contributed by atoms with Gasteiger partial charge in [0.1, 0.15) is 11.5 Å². The van der Waals surface area contributed by atoms with Crippen LogP contribution in [0.4, 0.5) is 4.79 Å². The maximum atomic E-state index is 11.8. The van der Waals surface area contributed by atoms with Gasteiger partial charge in [-0.3, -0.25) is 4.79 Å². The Bertz CT molecular complexity index is 637. The molecule has 0 spiro atoms. The summed E-state index contributed by atoms with van der Waals surface area (Å²) in [5, 5.41) is 15.3. The fourth-order valence-electron chi connectivity index (χ4n) is 3.76. The summed E-state index contributed by atoms with van der Waals surface area (Å²) in [5.74, 6) is 0.406. The van der Waals surface area contributed by atoms with Crippen LogP contribution in [-0.2, 0) is 0 Å². The molecule has 6 heteroatoms. The number of phenolic OH excluding ortho intramolecular Hbond substituents is 1. The van der Waals surface area contributed by atoms with E-state index < -0.39 is 0 Å². The summed E-state index contributed by atoms with van der Waals surface area (Å²) in [5.41, 5.74) is 0.236. The number of aldehydes is 1. The van der Waals surface area contributed by atoms with Gasteiger partial charge in [-0.1, -0.05) is 90.4 Å². The summed E-state index contributed by atoms with van der Waals surface area (Å²) >= 11 is 0. The number of nitrogens with one attached hydrogen (secondary N) is 2. The normalized spacial score (nSPS) is 10.7. The molecule has 0 radical (unpaired) electrons. The van der Waals surface area contributed by atoms with E-state index in [1.165, 1.54) is 95.6 Å². The molecule has 0 heterocycles. The van der Waals surface area contributed by atoms with Crippen molar-refractivity contribution in [2.75, 3.05) is 19.7 Å². The van der Waals surface area contributed by atoms with Gasteiger partial charge in [-0.05, 0) is 25.0 Å². The SMILES string of the molecule is CCCCCCCCCCCCCCCCNC(=O)NCCCOc1ccc(C=O)c(O)c1. The minimum absolute atomic E-state index is 0.0940. The number of hydrogen-bond acceptors (Lipinski definition) is 4. The van der Waals surface area contributed by atoms with Crippen LogP contribution in [0.25, 0.3) is 0 Å². The van der Waals surface area contributed by atoms with Crippen LogP contribution in [0.1, 0.15) is 114 Å². The van der Waals surface area contributed by atoms with E-state index in [2.05, 4.69) is 17.6 Å². The van der Waals surface area contributed by atoms with Crippen molar-refractivity contribution in [1.82, 2.24) is 10.6 Å². The predicted octanol–water partition coefficient (Wildman–Crippen LogP) is 6.75. The highest BCUT2D eigenvalue weighted by molar-refractivity contribution is 5.79. The van der Waals surface area contributed by atoms with E-state index >= 15 is 0 Å².